The second kappa shape index (κ2) is 9.24. The van der Waals surface area contributed by atoms with Gasteiger partial charge in [-0.25, -0.2) is 0 Å². The first-order valence-electron chi connectivity index (χ1n) is 13.8. The van der Waals surface area contributed by atoms with Gasteiger partial charge in [-0.3, -0.25) is 0 Å². The van der Waals surface area contributed by atoms with E-state index < -0.39 is 0 Å². The Labute approximate surface area is 197 Å². The minimum Gasteiger partial charge on any atom is -0.185 e. The summed E-state index contributed by atoms with van der Waals surface area (Å²) < 4.78 is 0. The predicted octanol–water partition coefficient (Wildman–Crippen LogP) is 8.94. The quantitative estimate of drug-likeness (QED) is 0.382. The Bertz CT molecular complexity index is 666. The van der Waals surface area contributed by atoms with Crippen molar-refractivity contribution in [2.24, 2.45) is 58.2 Å². The van der Waals surface area contributed by atoms with Crippen LogP contribution < -0.4 is 0 Å². The lowest BCUT2D eigenvalue weighted by molar-refractivity contribution is -0.120. The van der Waals surface area contributed by atoms with Crippen LogP contribution in [0, 0.1) is 68.8 Å². The van der Waals surface area contributed by atoms with Crippen molar-refractivity contribution in [2.75, 3.05) is 0 Å². The van der Waals surface area contributed by atoms with Crippen LogP contribution in [0.5, 0.6) is 0 Å². The molecule has 0 radical (unpaired) electrons. The highest BCUT2D eigenvalue weighted by molar-refractivity contribution is 8.04. The SMILES string of the molecule is CC(C)CCC[C@@H](C)[C@H]1CC[C@H]2[C@@H]3CC[C@H]4C[C@H](SC#N)[C@@H](C)C[C@]4(C)[C@H]3CC[C@]12C. The van der Waals surface area contributed by atoms with E-state index in [-0.39, 0.29) is 0 Å². The lowest BCUT2D eigenvalue weighted by Gasteiger charge is -2.62. The summed E-state index contributed by atoms with van der Waals surface area (Å²) in [6.07, 6.45) is 15.9. The highest BCUT2D eigenvalue weighted by atomic mass is 32.2. The molecule has 0 aromatic carbocycles. The van der Waals surface area contributed by atoms with E-state index in [9.17, 15) is 5.26 Å². The lowest BCUT2D eigenvalue weighted by atomic mass is 9.44. The van der Waals surface area contributed by atoms with E-state index in [0.29, 0.717) is 22.0 Å². The monoisotopic (exact) mass is 443 g/mol. The maximum Gasteiger partial charge on any atom is 0.133 e. The van der Waals surface area contributed by atoms with Crippen LogP contribution in [0.4, 0.5) is 0 Å². The van der Waals surface area contributed by atoms with Gasteiger partial charge in [0.15, 0.2) is 0 Å². The molecule has 4 fully saturated rings. The number of thioether (sulfide) groups is 1. The minimum absolute atomic E-state index is 0.539. The fourth-order valence-corrected chi connectivity index (χ4v) is 10.6. The molecule has 0 amide bonds. The molecule has 31 heavy (non-hydrogen) atoms. The van der Waals surface area contributed by atoms with E-state index in [2.05, 4.69) is 46.9 Å². The Hall–Kier alpha value is -0.160. The Morgan fingerprint density at radius 2 is 1.71 bits per heavy atom. The molecule has 0 N–H and O–H groups in total. The Morgan fingerprint density at radius 3 is 2.42 bits per heavy atom. The molecular formula is C29H49NS. The van der Waals surface area contributed by atoms with Gasteiger partial charge in [0.25, 0.3) is 0 Å². The van der Waals surface area contributed by atoms with Crippen LogP contribution in [0.25, 0.3) is 0 Å². The predicted molar refractivity (Wildman–Crippen MR) is 135 cm³/mol. The Balaban J connectivity index is 1.47. The molecule has 0 bridgehead atoms. The maximum absolute atomic E-state index is 9.28. The molecule has 4 aliphatic carbocycles. The van der Waals surface area contributed by atoms with Crippen molar-refractivity contribution in [1.82, 2.24) is 0 Å². The second-order valence-electron chi connectivity index (χ2n) is 13.4. The number of fused-ring (bicyclic) bond motifs is 5. The van der Waals surface area contributed by atoms with E-state index in [0.717, 1.165) is 41.4 Å². The van der Waals surface area contributed by atoms with Crippen molar-refractivity contribution in [3.05, 3.63) is 0 Å². The molecule has 0 saturated heterocycles. The van der Waals surface area contributed by atoms with E-state index >= 15 is 0 Å². The zero-order valence-corrected chi connectivity index (χ0v) is 22.1. The molecule has 4 rings (SSSR count). The van der Waals surface area contributed by atoms with Crippen molar-refractivity contribution >= 4 is 11.8 Å². The first-order chi connectivity index (χ1) is 14.7. The molecule has 10 atom stereocenters. The Kier molecular flexibility index (Phi) is 7.14. The minimum atomic E-state index is 0.539. The molecule has 0 aromatic rings. The van der Waals surface area contributed by atoms with Crippen LogP contribution in [0.15, 0.2) is 0 Å². The molecule has 0 aliphatic heterocycles. The maximum atomic E-state index is 9.28. The second-order valence-corrected chi connectivity index (χ2v) is 14.4. The Morgan fingerprint density at radius 1 is 0.968 bits per heavy atom. The third-order valence-corrected chi connectivity index (χ3v) is 12.4. The van der Waals surface area contributed by atoms with Gasteiger partial charge in [0, 0.05) is 5.25 Å². The van der Waals surface area contributed by atoms with E-state index in [4.69, 9.17) is 0 Å². The van der Waals surface area contributed by atoms with Gasteiger partial charge < -0.3 is 0 Å². The van der Waals surface area contributed by atoms with Gasteiger partial charge in [0.05, 0.1) is 0 Å². The third-order valence-electron chi connectivity index (χ3n) is 11.4. The van der Waals surface area contributed by atoms with Crippen LogP contribution >= 0.6 is 11.8 Å². The van der Waals surface area contributed by atoms with Crippen LogP contribution in [0.1, 0.15) is 112 Å². The molecule has 0 heterocycles. The molecule has 4 saturated carbocycles. The van der Waals surface area contributed by atoms with Gasteiger partial charge in [-0.2, -0.15) is 5.26 Å². The summed E-state index contributed by atoms with van der Waals surface area (Å²) in [5.74, 6) is 7.24. The summed E-state index contributed by atoms with van der Waals surface area (Å²) in [6, 6.07) is 0. The fourth-order valence-electron chi connectivity index (χ4n) is 9.83. The summed E-state index contributed by atoms with van der Waals surface area (Å²) in [5, 5.41) is 12.3. The normalized spacial score (nSPS) is 47.9. The summed E-state index contributed by atoms with van der Waals surface area (Å²) in [7, 11) is 0. The summed E-state index contributed by atoms with van der Waals surface area (Å²) >= 11 is 1.58. The first kappa shape index (κ1) is 24.0. The number of nitriles is 1. The number of rotatable bonds is 6. The molecule has 0 unspecified atom stereocenters. The number of hydrogen-bond donors (Lipinski definition) is 0. The van der Waals surface area contributed by atoms with Gasteiger partial charge in [-0.1, -0.05) is 60.8 Å². The van der Waals surface area contributed by atoms with Gasteiger partial charge in [-0.15, -0.1) is 0 Å². The lowest BCUT2D eigenvalue weighted by Crippen LogP contribution is -2.55. The van der Waals surface area contributed by atoms with Crippen LogP contribution in [0.2, 0.25) is 0 Å². The highest BCUT2D eigenvalue weighted by Gasteiger charge is 2.61. The summed E-state index contributed by atoms with van der Waals surface area (Å²) in [5.41, 5.74) is 1.15. The number of nitrogens with zero attached hydrogens (tertiary/aromatic N) is 1. The van der Waals surface area contributed by atoms with Crippen LogP contribution in [-0.4, -0.2) is 5.25 Å². The van der Waals surface area contributed by atoms with Crippen LogP contribution in [0.3, 0.4) is 0 Å². The van der Waals surface area contributed by atoms with Crippen LogP contribution in [-0.2, 0) is 0 Å². The molecule has 1 nitrogen and oxygen atoms in total. The van der Waals surface area contributed by atoms with Gasteiger partial charge in [0.1, 0.15) is 5.40 Å². The topological polar surface area (TPSA) is 23.8 Å². The van der Waals surface area contributed by atoms with Gasteiger partial charge in [-0.05, 0) is 121 Å². The van der Waals surface area contributed by atoms with E-state index in [1.54, 1.807) is 11.8 Å². The van der Waals surface area contributed by atoms with Crippen molar-refractivity contribution in [3.8, 4) is 5.40 Å². The smallest absolute Gasteiger partial charge is 0.133 e. The van der Waals surface area contributed by atoms with Gasteiger partial charge in [0.2, 0.25) is 0 Å². The van der Waals surface area contributed by atoms with E-state index in [1.807, 2.05) is 0 Å². The summed E-state index contributed by atoms with van der Waals surface area (Å²) in [4.78, 5) is 0. The number of hydrogen-bond acceptors (Lipinski definition) is 2. The number of thiocyanates is 1. The molecular weight excluding hydrogens is 394 g/mol. The zero-order chi connectivity index (χ0) is 22.4. The summed E-state index contributed by atoms with van der Waals surface area (Å²) in [6.45, 7) is 15.2. The molecule has 0 spiro atoms. The molecule has 0 aromatic heterocycles. The standard InChI is InChI=1S/C29H49NS/c1-19(2)8-7-9-20(3)24-12-13-25-23-11-10-22-16-27(31-18-30)21(4)17-29(22,6)26(23)14-15-28(24,25)5/h19-27H,7-17H2,1-6H3/t20-,21+,22+,23+,24-,25+,26+,27+,28-,29+/m1/s1. The van der Waals surface area contributed by atoms with E-state index in [1.165, 1.54) is 70.6 Å². The first-order valence-corrected chi connectivity index (χ1v) is 14.6. The zero-order valence-electron chi connectivity index (χ0n) is 21.3. The van der Waals surface area contributed by atoms with Crippen molar-refractivity contribution in [1.29, 1.82) is 5.26 Å². The molecule has 4 aliphatic rings. The average Bonchev–Trinajstić information content (AvgIpc) is 3.06. The van der Waals surface area contributed by atoms with Crippen molar-refractivity contribution in [3.63, 3.8) is 0 Å². The highest BCUT2D eigenvalue weighted by Crippen LogP contribution is 2.69. The van der Waals surface area contributed by atoms with Crippen molar-refractivity contribution < 1.29 is 0 Å². The van der Waals surface area contributed by atoms with Crippen molar-refractivity contribution in [2.45, 2.75) is 117 Å². The third kappa shape index (κ3) is 4.24. The average molecular weight is 444 g/mol. The molecule has 2 heteroatoms. The fraction of sp³-hybridized carbons (Fsp3) is 0.966. The largest absolute Gasteiger partial charge is 0.185 e. The molecule has 176 valence electrons. The van der Waals surface area contributed by atoms with Gasteiger partial charge >= 0.3 is 0 Å².